The van der Waals surface area contributed by atoms with Gasteiger partial charge in [0.05, 0.1) is 10.9 Å². The molecule has 2 atom stereocenters. The van der Waals surface area contributed by atoms with Crippen molar-refractivity contribution in [2.24, 2.45) is 0 Å². The molecule has 2 rings (SSSR count). The molecular formula is C15H21NO4S. The van der Waals surface area contributed by atoms with Crippen molar-refractivity contribution in [3.8, 4) is 0 Å². The minimum Gasteiger partial charge on any atom is -0.480 e. The Hall–Kier alpha value is -1.43. The zero-order valence-electron chi connectivity index (χ0n) is 12.8. The van der Waals surface area contributed by atoms with Crippen LogP contribution in [0, 0.1) is 20.8 Å². The summed E-state index contributed by atoms with van der Waals surface area (Å²) in [5.41, 5.74) is 1.32. The van der Waals surface area contributed by atoms with Gasteiger partial charge in [-0.3, -0.25) is 4.79 Å². The topological polar surface area (TPSA) is 70.8 Å². The van der Waals surface area contributed by atoms with Crippen LogP contribution in [0.15, 0.2) is 4.42 Å². The van der Waals surface area contributed by atoms with Crippen molar-refractivity contribution in [3.63, 3.8) is 0 Å². The maximum atomic E-state index is 12.9. The summed E-state index contributed by atoms with van der Waals surface area (Å²) in [5.74, 6) is 0.552. The van der Waals surface area contributed by atoms with Crippen molar-refractivity contribution in [1.29, 1.82) is 0 Å². The normalized spacial score (nSPS) is 21.8. The number of thioether (sulfide) groups is 1. The van der Waals surface area contributed by atoms with E-state index in [0.717, 1.165) is 18.4 Å². The largest absolute Gasteiger partial charge is 0.480 e. The number of carboxylic acids is 1. The van der Waals surface area contributed by atoms with Gasteiger partial charge in [-0.05, 0) is 27.2 Å². The lowest BCUT2D eigenvalue weighted by atomic mass is 10.1. The molecule has 6 heteroatoms. The standard InChI is InChI=1S/C15H21NO4S/c1-5-6-12-16(11(7-21-12)15(18)19)14(17)13-8(2)9(3)20-10(13)4/h11-12H,5-7H2,1-4H3,(H,18,19). The van der Waals surface area contributed by atoms with Crippen LogP contribution in [0.4, 0.5) is 0 Å². The van der Waals surface area contributed by atoms with E-state index in [1.165, 1.54) is 4.90 Å². The molecule has 1 aliphatic rings. The molecule has 0 radical (unpaired) electrons. The molecule has 1 aliphatic heterocycles. The Morgan fingerprint density at radius 3 is 2.48 bits per heavy atom. The number of amides is 1. The van der Waals surface area contributed by atoms with Gasteiger partial charge in [-0.1, -0.05) is 13.3 Å². The number of aryl methyl sites for hydroxylation is 2. The highest BCUT2D eigenvalue weighted by Gasteiger charge is 2.42. The molecule has 2 unspecified atom stereocenters. The van der Waals surface area contributed by atoms with E-state index in [0.29, 0.717) is 22.8 Å². The highest BCUT2D eigenvalue weighted by Crippen LogP contribution is 2.35. The van der Waals surface area contributed by atoms with Crippen molar-refractivity contribution in [3.05, 3.63) is 22.6 Å². The third-order valence-electron chi connectivity index (χ3n) is 3.92. The minimum absolute atomic E-state index is 0.0717. The predicted octanol–water partition coefficient (Wildman–Crippen LogP) is 2.97. The maximum absolute atomic E-state index is 12.9. The van der Waals surface area contributed by atoms with Crippen LogP contribution in [0.2, 0.25) is 0 Å². The van der Waals surface area contributed by atoms with Gasteiger partial charge < -0.3 is 14.4 Å². The van der Waals surface area contributed by atoms with Gasteiger partial charge in [0.15, 0.2) is 0 Å². The molecule has 2 heterocycles. The zero-order valence-corrected chi connectivity index (χ0v) is 13.6. The van der Waals surface area contributed by atoms with Gasteiger partial charge in [-0.2, -0.15) is 0 Å². The second-order valence-corrected chi connectivity index (χ2v) is 6.57. The fourth-order valence-electron chi connectivity index (χ4n) is 2.73. The van der Waals surface area contributed by atoms with Gasteiger partial charge >= 0.3 is 5.97 Å². The Morgan fingerprint density at radius 1 is 1.33 bits per heavy atom. The minimum atomic E-state index is -0.940. The third-order valence-corrected chi connectivity index (χ3v) is 5.28. The van der Waals surface area contributed by atoms with E-state index in [-0.39, 0.29) is 11.3 Å². The molecule has 0 saturated carbocycles. The molecule has 116 valence electrons. The van der Waals surface area contributed by atoms with Crippen LogP contribution in [0.25, 0.3) is 0 Å². The Bertz CT molecular complexity index is 566. The summed E-state index contributed by atoms with van der Waals surface area (Å²) in [6.07, 6.45) is 1.71. The molecule has 0 spiro atoms. The first kappa shape index (κ1) is 15.9. The summed E-state index contributed by atoms with van der Waals surface area (Å²) < 4.78 is 5.52. The van der Waals surface area contributed by atoms with Crippen molar-refractivity contribution >= 4 is 23.6 Å². The lowest BCUT2D eigenvalue weighted by Gasteiger charge is -2.27. The molecular weight excluding hydrogens is 290 g/mol. The summed E-state index contributed by atoms with van der Waals surface area (Å²) >= 11 is 1.55. The molecule has 0 aromatic carbocycles. The second-order valence-electron chi connectivity index (χ2n) is 5.36. The molecule has 1 aromatic heterocycles. The fraction of sp³-hybridized carbons (Fsp3) is 0.600. The highest BCUT2D eigenvalue weighted by molar-refractivity contribution is 8.00. The van der Waals surface area contributed by atoms with E-state index in [9.17, 15) is 14.7 Å². The van der Waals surface area contributed by atoms with E-state index >= 15 is 0 Å². The fourth-order valence-corrected chi connectivity index (χ4v) is 4.25. The van der Waals surface area contributed by atoms with Gasteiger partial charge in [0.1, 0.15) is 17.6 Å². The van der Waals surface area contributed by atoms with Gasteiger partial charge in [0.25, 0.3) is 5.91 Å². The van der Waals surface area contributed by atoms with Crippen molar-refractivity contribution in [2.45, 2.75) is 52.0 Å². The molecule has 0 aliphatic carbocycles. The zero-order chi connectivity index (χ0) is 15.7. The molecule has 21 heavy (non-hydrogen) atoms. The number of rotatable bonds is 4. The van der Waals surface area contributed by atoms with Crippen molar-refractivity contribution in [2.75, 3.05) is 5.75 Å². The maximum Gasteiger partial charge on any atom is 0.327 e. The average molecular weight is 311 g/mol. The first-order valence-electron chi connectivity index (χ1n) is 7.12. The molecule has 1 fully saturated rings. The number of aliphatic carboxylic acids is 1. The van der Waals surface area contributed by atoms with Gasteiger partial charge in [-0.15, -0.1) is 11.8 Å². The van der Waals surface area contributed by atoms with Crippen LogP contribution < -0.4 is 0 Å². The number of nitrogens with zero attached hydrogens (tertiary/aromatic N) is 1. The van der Waals surface area contributed by atoms with E-state index < -0.39 is 12.0 Å². The third kappa shape index (κ3) is 2.81. The summed E-state index contributed by atoms with van der Waals surface area (Å²) in [7, 11) is 0. The van der Waals surface area contributed by atoms with Crippen LogP contribution in [-0.4, -0.2) is 39.1 Å². The van der Waals surface area contributed by atoms with Crippen molar-refractivity contribution in [1.82, 2.24) is 4.90 Å². The first-order valence-corrected chi connectivity index (χ1v) is 8.17. The second kappa shape index (κ2) is 6.13. The molecule has 0 bridgehead atoms. The monoisotopic (exact) mass is 311 g/mol. The van der Waals surface area contributed by atoms with E-state index in [2.05, 4.69) is 0 Å². The number of hydrogen-bond donors (Lipinski definition) is 1. The highest BCUT2D eigenvalue weighted by atomic mass is 32.2. The molecule has 1 amide bonds. The SMILES string of the molecule is CCCC1SCC(C(=O)O)N1C(=O)c1c(C)oc(C)c1C. The number of carbonyl (C=O) groups is 2. The van der Waals surface area contributed by atoms with Gasteiger partial charge in [0, 0.05) is 11.3 Å². The number of furan rings is 1. The lowest BCUT2D eigenvalue weighted by molar-refractivity contribution is -0.141. The predicted molar refractivity (Wildman–Crippen MR) is 81.7 cm³/mol. The van der Waals surface area contributed by atoms with Crippen LogP contribution in [-0.2, 0) is 4.79 Å². The summed E-state index contributed by atoms with van der Waals surface area (Å²) in [4.78, 5) is 25.9. The molecule has 1 N–H and O–H groups in total. The Morgan fingerprint density at radius 2 is 2.00 bits per heavy atom. The van der Waals surface area contributed by atoms with Crippen LogP contribution in [0.1, 0.15) is 47.2 Å². The number of carbonyl (C=O) groups excluding carboxylic acids is 1. The van der Waals surface area contributed by atoms with Crippen LogP contribution >= 0.6 is 11.8 Å². The molecule has 1 saturated heterocycles. The lowest BCUT2D eigenvalue weighted by Crippen LogP contribution is -2.45. The summed E-state index contributed by atoms with van der Waals surface area (Å²) in [6.45, 7) is 7.44. The Labute approximate surface area is 128 Å². The van der Waals surface area contributed by atoms with Crippen LogP contribution in [0.3, 0.4) is 0 Å². The molecule has 5 nitrogen and oxygen atoms in total. The summed E-state index contributed by atoms with van der Waals surface area (Å²) in [5, 5.41) is 9.31. The summed E-state index contributed by atoms with van der Waals surface area (Å²) in [6, 6.07) is -0.756. The Balaban J connectivity index is 2.39. The first-order chi connectivity index (χ1) is 9.88. The van der Waals surface area contributed by atoms with Crippen molar-refractivity contribution < 1.29 is 19.1 Å². The van der Waals surface area contributed by atoms with Gasteiger partial charge in [-0.25, -0.2) is 4.79 Å². The number of hydrogen-bond acceptors (Lipinski definition) is 4. The smallest absolute Gasteiger partial charge is 0.327 e. The van der Waals surface area contributed by atoms with E-state index in [1.807, 2.05) is 20.8 Å². The average Bonchev–Trinajstić information content (AvgIpc) is 2.92. The van der Waals surface area contributed by atoms with E-state index in [4.69, 9.17) is 4.42 Å². The Kier molecular flexibility index (Phi) is 4.66. The quantitative estimate of drug-likeness (QED) is 0.925. The number of carboxylic acid groups (broad SMARTS) is 1. The van der Waals surface area contributed by atoms with Crippen LogP contribution in [0.5, 0.6) is 0 Å². The van der Waals surface area contributed by atoms with Gasteiger partial charge in [0.2, 0.25) is 0 Å². The van der Waals surface area contributed by atoms with E-state index in [1.54, 1.807) is 18.7 Å². The molecule has 1 aromatic rings.